The number of hydrogen-bond donors (Lipinski definition) is 3. The second-order valence-corrected chi connectivity index (χ2v) is 8.24. The van der Waals surface area contributed by atoms with Gasteiger partial charge in [-0.1, -0.05) is 12.1 Å². The van der Waals surface area contributed by atoms with E-state index in [1.54, 1.807) is 17.0 Å². The smallest absolute Gasteiger partial charge is 0.352 e. The minimum Gasteiger partial charge on any atom is -0.352 e. The molecule has 0 radical (unpaired) electrons. The van der Waals surface area contributed by atoms with Crippen molar-refractivity contribution >= 4 is 29.2 Å². The Morgan fingerprint density at radius 2 is 1.74 bits per heavy atom. The zero-order valence-electron chi connectivity index (χ0n) is 18.5. The van der Waals surface area contributed by atoms with Crippen molar-refractivity contribution in [1.82, 2.24) is 19.6 Å². The summed E-state index contributed by atoms with van der Waals surface area (Å²) in [5, 5.41) is 4.86. The lowest BCUT2D eigenvalue weighted by molar-refractivity contribution is -0.137. The summed E-state index contributed by atoms with van der Waals surface area (Å²) in [5.74, 6) is -0.574. The fourth-order valence-electron chi connectivity index (χ4n) is 4.10. The van der Waals surface area contributed by atoms with E-state index in [-0.39, 0.29) is 29.7 Å². The van der Waals surface area contributed by atoms with Crippen LogP contribution < -0.4 is 16.4 Å². The molecule has 0 aliphatic carbocycles. The van der Waals surface area contributed by atoms with Gasteiger partial charge in [-0.2, -0.15) is 13.2 Å². The molecule has 0 unspecified atom stereocenters. The third-order valence-electron chi connectivity index (χ3n) is 5.92. The predicted octanol–water partition coefficient (Wildman–Crippen LogP) is 2.98. The van der Waals surface area contributed by atoms with Crippen molar-refractivity contribution in [2.45, 2.75) is 24.9 Å². The first kappa shape index (κ1) is 24.0. The number of nitrogens with zero attached hydrogens (tertiary/aromatic N) is 3. The molecule has 0 bridgehead atoms. The topological polar surface area (TPSA) is 122 Å². The number of anilines is 1. The number of fused-ring (bicyclic) bond motifs is 1. The first-order valence-corrected chi connectivity index (χ1v) is 10.9. The number of primary amides is 1. The molecule has 0 atom stereocenters. The van der Waals surface area contributed by atoms with E-state index in [9.17, 15) is 27.6 Å². The summed E-state index contributed by atoms with van der Waals surface area (Å²) in [4.78, 5) is 41.2. The number of likely N-dealkylation sites (tertiary alicyclic amines) is 1. The molecule has 1 aromatic carbocycles. The van der Waals surface area contributed by atoms with Crippen LogP contribution in [0.3, 0.4) is 0 Å². The molecular weight excluding hydrogens is 465 g/mol. The van der Waals surface area contributed by atoms with Crippen LogP contribution in [-0.2, 0) is 11.0 Å². The third kappa shape index (κ3) is 5.53. The Morgan fingerprint density at radius 3 is 2.37 bits per heavy atom. The number of carbonyl (C=O) groups excluding carboxylic acids is 3. The number of imidazole rings is 1. The van der Waals surface area contributed by atoms with Crippen LogP contribution in [0.4, 0.5) is 23.7 Å². The molecule has 4 N–H and O–H groups in total. The summed E-state index contributed by atoms with van der Waals surface area (Å²) in [6.45, 7) is 0.674. The summed E-state index contributed by atoms with van der Waals surface area (Å²) < 4.78 is 40.5. The molecule has 184 valence electrons. The fraction of sp³-hybridized carbons (Fsp3) is 0.304. The number of carbonyl (C=O) groups is 3. The Kier molecular flexibility index (Phi) is 6.63. The van der Waals surface area contributed by atoms with Crippen molar-refractivity contribution in [3.63, 3.8) is 0 Å². The highest BCUT2D eigenvalue weighted by atomic mass is 19.4. The first-order valence-electron chi connectivity index (χ1n) is 10.9. The van der Waals surface area contributed by atoms with Gasteiger partial charge in [-0.3, -0.25) is 14.0 Å². The Hall–Kier alpha value is -4.09. The molecule has 2 aromatic heterocycles. The van der Waals surface area contributed by atoms with E-state index < -0.39 is 23.7 Å². The molecule has 1 fully saturated rings. The molecule has 1 aliphatic heterocycles. The van der Waals surface area contributed by atoms with Crippen LogP contribution in [-0.4, -0.2) is 51.8 Å². The maximum atomic E-state index is 13.1. The van der Waals surface area contributed by atoms with E-state index >= 15 is 0 Å². The number of nitrogens with two attached hydrogens (primary N) is 1. The minimum atomic E-state index is -4.52. The Morgan fingerprint density at radius 1 is 1.06 bits per heavy atom. The van der Waals surface area contributed by atoms with E-state index in [2.05, 4.69) is 15.6 Å². The number of rotatable bonds is 5. The second-order valence-electron chi connectivity index (χ2n) is 8.24. The molecule has 3 heterocycles. The highest BCUT2D eigenvalue weighted by molar-refractivity contribution is 5.94. The monoisotopic (exact) mass is 488 g/mol. The third-order valence-corrected chi connectivity index (χ3v) is 5.92. The van der Waals surface area contributed by atoms with Crippen LogP contribution in [0.25, 0.3) is 5.65 Å². The van der Waals surface area contributed by atoms with Crippen molar-refractivity contribution in [3.05, 3.63) is 65.6 Å². The molecular formula is C23H23F3N6O3. The molecule has 0 spiro atoms. The molecule has 4 rings (SSSR count). The average molecular weight is 488 g/mol. The van der Waals surface area contributed by atoms with E-state index in [1.165, 1.54) is 16.7 Å². The van der Waals surface area contributed by atoms with Crippen molar-refractivity contribution in [2.75, 3.05) is 25.0 Å². The molecule has 35 heavy (non-hydrogen) atoms. The summed E-state index contributed by atoms with van der Waals surface area (Å²) in [7, 11) is 0. The van der Waals surface area contributed by atoms with E-state index in [4.69, 9.17) is 5.73 Å². The number of piperidine rings is 1. The van der Waals surface area contributed by atoms with Crippen molar-refractivity contribution in [2.24, 2.45) is 5.73 Å². The predicted molar refractivity (Wildman–Crippen MR) is 121 cm³/mol. The van der Waals surface area contributed by atoms with Gasteiger partial charge in [0.05, 0.1) is 18.3 Å². The maximum absolute atomic E-state index is 13.1. The highest BCUT2D eigenvalue weighted by Crippen LogP contribution is 2.31. The number of alkyl halides is 3. The number of pyridine rings is 1. The van der Waals surface area contributed by atoms with Crippen LogP contribution in [0.2, 0.25) is 0 Å². The largest absolute Gasteiger partial charge is 0.417 e. The molecule has 3 aromatic rings. The second kappa shape index (κ2) is 9.65. The lowest BCUT2D eigenvalue weighted by Gasteiger charge is -2.32. The molecule has 9 nitrogen and oxygen atoms in total. The Labute approximate surface area is 198 Å². The number of nitrogens with one attached hydrogen (secondary N) is 2. The van der Waals surface area contributed by atoms with E-state index in [1.807, 2.05) is 12.1 Å². The number of halogens is 3. The van der Waals surface area contributed by atoms with Gasteiger partial charge in [-0.15, -0.1) is 0 Å². The average Bonchev–Trinajstić information content (AvgIpc) is 3.26. The van der Waals surface area contributed by atoms with Crippen LogP contribution in [0.15, 0.2) is 48.8 Å². The normalized spacial score (nSPS) is 14.7. The number of benzene rings is 1. The van der Waals surface area contributed by atoms with Crippen LogP contribution in [0.1, 0.15) is 40.4 Å². The van der Waals surface area contributed by atoms with Gasteiger partial charge in [-0.05, 0) is 48.6 Å². The van der Waals surface area contributed by atoms with Gasteiger partial charge in [0.1, 0.15) is 11.3 Å². The lowest BCUT2D eigenvalue weighted by Crippen LogP contribution is -2.38. The molecule has 4 amide bonds. The molecule has 1 aliphatic rings. The van der Waals surface area contributed by atoms with Gasteiger partial charge < -0.3 is 21.3 Å². The molecule has 1 saturated heterocycles. The molecule has 12 heteroatoms. The van der Waals surface area contributed by atoms with E-state index in [0.29, 0.717) is 31.6 Å². The van der Waals surface area contributed by atoms with Gasteiger partial charge >= 0.3 is 12.2 Å². The van der Waals surface area contributed by atoms with Gasteiger partial charge in [0.15, 0.2) is 0 Å². The number of hydrogen-bond acceptors (Lipinski definition) is 4. The van der Waals surface area contributed by atoms with Gasteiger partial charge in [-0.25, -0.2) is 9.78 Å². The zero-order valence-corrected chi connectivity index (χ0v) is 18.5. The van der Waals surface area contributed by atoms with Gasteiger partial charge in [0, 0.05) is 25.0 Å². The number of urea groups is 1. The van der Waals surface area contributed by atoms with Crippen LogP contribution in [0.5, 0.6) is 0 Å². The summed E-state index contributed by atoms with van der Waals surface area (Å²) >= 11 is 0. The summed E-state index contributed by atoms with van der Waals surface area (Å²) in [6.07, 6.45) is -0.951. The maximum Gasteiger partial charge on any atom is 0.417 e. The standard InChI is InChI=1S/C23H23F3N6O3/c24-23(25,26)16-3-6-19-28-11-18(32(19)13-16)21(34)31-9-7-15(8-10-31)14-1-4-17(5-2-14)30-20(33)12-29-22(27)35/h1-6,11,13,15H,7-10,12H2,(H,30,33)(H3,27,29,35). The zero-order chi connectivity index (χ0) is 25.2. The lowest BCUT2D eigenvalue weighted by atomic mass is 9.89. The van der Waals surface area contributed by atoms with E-state index in [0.717, 1.165) is 17.8 Å². The minimum absolute atomic E-state index is 0.0930. The quantitative estimate of drug-likeness (QED) is 0.511. The summed E-state index contributed by atoms with van der Waals surface area (Å²) in [5.41, 5.74) is 6.08. The van der Waals surface area contributed by atoms with Crippen LogP contribution >= 0.6 is 0 Å². The first-order chi connectivity index (χ1) is 16.6. The molecule has 0 saturated carbocycles. The number of amides is 4. The van der Waals surface area contributed by atoms with Crippen molar-refractivity contribution in [1.29, 1.82) is 0 Å². The number of aromatic nitrogens is 2. The SMILES string of the molecule is NC(=O)NCC(=O)Nc1ccc(C2CCN(C(=O)c3cnc4ccc(C(F)(F)F)cn34)CC2)cc1. The van der Waals surface area contributed by atoms with Gasteiger partial charge in [0.2, 0.25) is 5.91 Å². The summed E-state index contributed by atoms with van der Waals surface area (Å²) in [6, 6.07) is 8.69. The highest BCUT2D eigenvalue weighted by Gasteiger charge is 2.32. The van der Waals surface area contributed by atoms with Crippen molar-refractivity contribution in [3.8, 4) is 0 Å². The van der Waals surface area contributed by atoms with Gasteiger partial charge in [0.25, 0.3) is 5.91 Å². The van der Waals surface area contributed by atoms with Crippen molar-refractivity contribution < 1.29 is 27.6 Å². The van der Waals surface area contributed by atoms with Crippen LogP contribution in [0, 0.1) is 0 Å². The Balaban J connectivity index is 1.37. The Bertz CT molecular complexity index is 1250. The fourth-order valence-corrected chi connectivity index (χ4v) is 4.10.